The fourth-order valence-electron chi connectivity index (χ4n) is 16.9. The highest BCUT2D eigenvalue weighted by Crippen LogP contribution is 2.56. The van der Waals surface area contributed by atoms with Gasteiger partial charge in [-0.2, -0.15) is 0 Å². The quantitative estimate of drug-likeness (QED) is 0.142. The van der Waals surface area contributed by atoms with Crippen molar-refractivity contribution in [2.45, 2.75) is 111 Å². The number of imidazole rings is 3. The predicted octanol–water partition coefficient (Wildman–Crippen LogP) is 25.9. The number of nitrogens with zero attached hydrogens (tertiary/aromatic N) is 8. The summed E-state index contributed by atoms with van der Waals surface area (Å²) in [6.07, 6.45) is 0. The van der Waals surface area contributed by atoms with Crippen LogP contribution in [0.1, 0.15) is 128 Å². The number of benzene rings is 13. The summed E-state index contributed by atoms with van der Waals surface area (Å²) < 4.78 is 12.2. The van der Waals surface area contributed by atoms with E-state index in [1.807, 2.05) is 0 Å². The summed E-state index contributed by atoms with van der Waals surface area (Å²) in [6.45, 7) is 38.3. The van der Waals surface area contributed by atoms with Crippen LogP contribution < -0.4 is 0 Å². The van der Waals surface area contributed by atoms with E-state index >= 15 is 0 Å². The van der Waals surface area contributed by atoms with Crippen LogP contribution in [0.4, 0.5) is 5.69 Å². The van der Waals surface area contributed by atoms with Gasteiger partial charge in [0.25, 0.3) is 0 Å². The van der Waals surface area contributed by atoms with Gasteiger partial charge < -0.3 is 9.13 Å². The smallest absolute Gasteiger partial charge is 0.220 e. The van der Waals surface area contributed by atoms with Gasteiger partial charge >= 0.3 is 0 Å². The summed E-state index contributed by atoms with van der Waals surface area (Å²) in [5.41, 5.74) is 28.8. The molecule has 514 valence electrons. The average molecular weight is 1370 g/mol. The van der Waals surface area contributed by atoms with E-state index in [1.165, 1.54) is 22.3 Å². The lowest BCUT2D eigenvalue weighted by Gasteiger charge is -2.27. The summed E-state index contributed by atoms with van der Waals surface area (Å²) in [6, 6.07) is 101. The zero-order chi connectivity index (χ0) is 72.6. The third-order valence-corrected chi connectivity index (χ3v) is 22.6. The number of aromatic nitrogens is 7. The third-order valence-electron chi connectivity index (χ3n) is 22.6. The van der Waals surface area contributed by atoms with Crippen LogP contribution in [0.25, 0.3) is 155 Å². The van der Waals surface area contributed by atoms with Gasteiger partial charge in [0.05, 0.1) is 84.7 Å². The van der Waals surface area contributed by atoms with Gasteiger partial charge in [-0.15, -0.1) is 0 Å². The van der Waals surface area contributed by atoms with Gasteiger partial charge in [-0.1, -0.05) is 259 Å². The van der Waals surface area contributed by atoms with E-state index in [4.69, 9.17) is 14.8 Å². The molecule has 18 aromatic rings. The van der Waals surface area contributed by atoms with Crippen molar-refractivity contribution in [3.8, 4) is 67.3 Å². The highest BCUT2D eigenvalue weighted by molar-refractivity contribution is 6.13. The van der Waals surface area contributed by atoms with Crippen molar-refractivity contribution >= 4 is 88.2 Å². The van der Waals surface area contributed by atoms with Gasteiger partial charge in [-0.3, -0.25) is 13.5 Å². The van der Waals surface area contributed by atoms with Crippen LogP contribution in [0.5, 0.6) is 0 Å². The minimum atomic E-state index is -0.595. The van der Waals surface area contributed by atoms with Crippen LogP contribution in [-0.4, -0.2) is 32.6 Å². The molecule has 0 saturated carbocycles. The van der Waals surface area contributed by atoms with Crippen molar-refractivity contribution in [3.63, 3.8) is 0 Å². The molecule has 0 aliphatic carbocycles. The number of hydrogen-bond acceptors (Lipinski definition) is 2. The average Bonchev–Trinajstić information content (AvgIpc) is 1.35. The first-order chi connectivity index (χ1) is 51.0. The van der Waals surface area contributed by atoms with Crippen LogP contribution in [0.3, 0.4) is 0 Å². The van der Waals surface area contributed by atoms with Crippen LogP contribution in [0.15, 0.2) is 273 Å². The van der Waals surface area contributed by atoms with Crippen molar-refractivity contribution < 1.29 is 0 Å². The van der Waals surface area contributed by atoms with Gasteiger partial charge in [0.1, 0.15) is 5.82 Å². The molecule has 8 heteroatoms. The molecule has 6 heterocycles. The third kappa shape index (κ3) is 10.1. The van der Waals surface area contributed by atoms with Crippen molar-refractivity contribution in [2.75, 3.05) is 0 Å². The Morgan fingerprint density at radius 2 is 0.689 bits per heavy atom. The molecular weight excluding hydrogens is 1290 g/mol. The molecule has 106 heavy (non-hydrogen) atoms. The van der Waals surface area contributed by atoms with Crippen molar-refractivity contribution in [1.82, 2.24) is 32.6 Å². The molecule has 1 atom stereocenters. The molecule has 1 unspecified atom stereocenters. The first-order valence-corrected chi connectivity index (χ1v) is 37.2. The minimum absolute atomic E-state index is 0.159. The monoisotopic (exact) mass is 1370 g/mol. The molecule has 5 aromatic heterocycles. The Morgan fingerprint density at radius 3 is 1.13 bits per heavy atom. The molecule has 0 N–H and O–H groups in total. The topological polar surface area (TPSA) is 54.3 Å². The number of rotatable bonds is 8. The fourth-order valence-corrected chi connectivity index (χ4v) is 16.9. The van der Waals surface area contributed by atoms with E-state index in [2.05, 4.69) is 379 Å². The summed E-state index contributed by atoms with van der Waals surface area (Å²) in [4.78, 5) is 17.0. The molecule has 1 aliphatic heterocycles. The SMILES string of the molecule is [C-]#[N+]c1c(C2c3ccc(-c4ccccc4)cc3-n3c2nc2ccc(-c4ccccc4)cc23)c(-n2c3ccc(C(C)(C)C)cc3c3cc(C(C)(C)C)ccc32)cc(-n2c3ccc(-c4ccccc4)cc3n3c4cc(-c5ccccc5)ccc4nc23)c1-n1c2ccc(C(C)(C)C)cc2c2cc(C(C)(C)C)ccc21. The lowest BCUT2D eigenvalue weighted by molar-refractivity contribution is 0.590. The Labute approximate surface area is 618 Å². The zero-order valence-electron chi connectivity index (χ0n) is 62.1. The molecular formula is C98H82N8. The fraction of sp³-hybridized carbons (Fsp3) is 0.173. The number of hydrogen-bond donors (Lipinski definition) is 0. The Morgan fingerprint density at radius 1 is 0.302 bits per heavy atom. The normalized spacial score (nSPS) is 13.6. The zero-order valence-corrected chi connectivity index (χ0v) is 62.1. The Balaban J connectivity index is 1.04. The molecule has 1 aliphatic rings. The molecule has 0 saturated heterocycles. The summed E-state index contributed by atoms with van der Waals surface area (Å²) in [7, 11) is 0. The Bertz CT molecular complexity index is 6570. The molecule has 13 aromatic carbocycles. The number of fused-ring (bicyclic) bond motifs is 16. The molecule has 19 rings (SSSR count). The van der Waals surface area contributed by atoms with E-state index in [-0.39, 0.29) is 21.7 Å². The van der Waals surface area contributed by atoms with Crippen LogP contribution in [0, 0.1) is 6.57 Å². The minimum Gasteiger partial charge on any atom is -0.317 e. The van der Waals surface area contributed by atoms with E-state index in [9.17, 15) is 6.57 Å². The van der Waals surface area contributed by atoms with Crippen LogP contribution >= 0.6 is 0 Å². The lowest BCUT2D eigenvalue weighted by atomic mass is 9.85. The van der Waals surface area contributed by atoms with Crippen LogP contribution in [-0.2, 0) is 21.7 Å². The second kappa shape index (κ2) is 23.3. The van der Waals surface area contributed by atoms with Gasteiger partial charge in [-0.05, 0) is 197 Å². The standard InChI is InChI=1S/C98H82N8/c1-95(2,3)67-38-46-78-72(54-67)73-55-68(96(4,5)6)39-47-79(73)102(78)87-58-88(105-82-45-37-66(62-32-24-17-25-33-62)53-86(82)106-85-52-65(61-30-22-16-23-31-61)36-44-77(85)101-94(105)106)92(103-80-48-40-69(97(7,8)9)56-74(80)75-57-70(98(10,11)12)41-49-81(75)103)91(99-13)90(87)89-71-42-34-63(59-26-18-14-19-27-59)50-83(71)104-84-51-64(60-28-20-15-21-29-60)35-43-76(84)100-93(89)104/h14-58,89H,1-12H3. The molecule has 0 amide bonds. The second-order valence-electron chi connectivity index (χ2n) is 33.4. The largest absolute Gasteiger partial charge is 0.317 e. The van der Waals surface area contributed by atoms with Crippen LogP contribution in [0.2, 0.25) is 0 Å². The molecule has 0 bridgehead atoms. The van der Waals surface area contributed by atoms with E-state index in [1.54, 1.807) is 0 Å². The summed E-state index contributed by atoms with van der Waals surface area (Å²) in [5, 5.41) is 4.55. The lowest BCUT2D eigenvalue weighted by Crippen LogP contribution is -2.14. The van der Waals surface area contributed by atoms with Crippen molar-refractivity contribution in [3.05, 3.63) is 324 Å². The van der Waals surface area contributed by atoms with Gasteiger partial charge in [0, 0.05) is 27.2 Å². The van der Waals surface area contributed by atoms with Crippen molar-refractivity contribution in [2.24, 2.45) is 0 Å². The first-order valence-electron chi connectivity index (χ1n) is 37.2. The van der Waals surface area contributed by atoms with E-state index in [0.29, 0.717) is 5.69 Å². The maximum Gasteiger partial charge on any atom is 0.220 e. The van der Waals surface area contributed by atoms with E-state index in [0.717, 1.165) is 167 Å². The van der Waals surface area contributed by atoms with E-state index < -0.39 is 5.92 Å². The summed E-state index contributed by atoms with van der Waals surface area (Å²) in [5.74, 6) is 0.978. The molecule has 8 nitrogen and oxygen atoms in total. The Hall–Kier alpha value is -12.3. The second-order valence-corrected chi connectivity index (χ2v) is 33.4. The molecule has 0 radical (unpaired) electrons. The summed E-state index contributed by atoms with van der Waals surface area (Å²) >= 11 is 0. The molecule has 0 spiro atoms. The molecule has 0 fully saturated rings. The van der Waals surface area contributed by atoms with Gasteiger partial charge in [0.15, 0.2) is 0 Å². The first kappa shape index (κ1) is 64.5. The maximum absolute atomic E-state index is 10.6. The van der Waals surface area contributed by atoms with Gasteiger partial charge in [0.2, 0.25) is 11.5 Å². The maximum atomic E-state index is 10.6. The highest BCUT2D eigenvalue weighted by Gasteiger charge is 2.41. The van der Waals surface area contributed by atoms with Gasteiger partial charge in [-0.25, -0.2) is 14.8 Å². The Kier molecular flexibility index (Phi) is 14.2. The predicted molar refractivity (Wildman–Crippen MR) is 443 cm³/mol. The van der Waals surface area contributed by atoms with Crippen molar-refractivity contribution in [1.29, 1.82) is 0 Å². The highest BCUT2D eigenvalue weighted by atomic mass is 15.2.